The lowest BCUT2D eigenvalue weighted by Crippen LogP contribution is -2.50. The molecule has 2 amide bonds. The lowest BCUT2D eigenvalue weighted by molar-refractivity contribution is -0.132. The summed E-state index contributed by atoms with van der Waals surface area (Å²) < 4.78 is 1.42. The fraction of sp³-hybridized carbons (Fsp3) is 0.409. The van der Waals surface area contributed by atoms with Gasteiger partial charge in [0.1, 0.15) is 12.2 Å². The van der Waals surface area contributed by atoms with Gasteiger partial charge in [0, 0.05) is 44.5 Å². The Morgan fingerprint density at radius 3 is 2.34 bits per heavy atom. The zero-order valence-electron chi connectivity index (χ0n) is 17.5. The molecule has 1 aromatic heterocycles. The second kappa shape index (κ2) is 8.51. The van der Waals surface area contributed by atoms with Crippen molar-refractivity contribution in [1.29, 1.82) is 0 Å². The SMILES string of the molecule is CC(=O)Nc1ccc(C)n(CC(=O)N2CCN(c3cc(C)ccc3C)CC2)c1=O. The Morgan fingerprint density at radius 1 is 1.00 bits per heavy atom. The Morgan fingerprint density at radius 2 is 1.69 bits per heavy atom. The Bertz CT molecular complexity index is 988. The van der Waals surface area contributed by atoms with Crippen LogP contribution in [0.5, 0.6) is 0 Å². The summed E-state index contributed by atoms with van der Waals surface area (Å²) in [6.45, 7) is 10.0. The second-order valence-electron chi connectivity index (χ2n) is 7.62. The molecule has 3 rings (SSSR count). The third kappa shape index (κ3) is 4.67. The van der Waals surface area contributed by atoms with Gasteiger partial charge >= 0.3 is 0 Å². The van der Waals surface area contributed by atoms with Crippen LogP contribution in [0.15, 0.2) is 35.1 Å². The molecule has 1 aliphatic heterocycles. The number of benzene rings is 1. The van der Waals surface area contributed by atoms with Gasteiger partial charge in [-0.2, -0.15) is 0 Å². The Balaban J connectivity index is 1.68. The summed E-state index contributed by atoms with van der Waals surface area (Å²) in [5.41, 5.74) is 4.18. The van der Waals surface area contributed by atoms with E-state index in [0.717, 1.165) is 13.1 Å². The van der Waals surface area contributed by atoms with Crippen molar-refractivity contribution >= 4 is 23.2 Å². The second-order valence-corrected chi connectivity index (χ2v) is 7.62. The molecule has 0 spiro atoms. The molecule has 0 saturated carbocycles. The zero-order chi connectivity index (χ0) is 21.1. The molecule has 0 bridgehead atoms. The highest BCUT2D eigenvalue weighted by atomic mass is 16.2. The molecule has 0 radical (unpaired) electrons. The predicted octanol–water partition coefficient (Wildman–Crippen LogP) is 2.08. The molecular weight excluding hydrogens is 368 g/mol. The van der Waals surface area contributed by atoms with E-state index < -0.39 is 0 Å². The van der Waals surface area contributed by atoms with Gasteiger partial charge in [0.25, 0.3) is 5.56 Å². The summed E-state index contributed by atoms with van der Waals surface area (Å²) in [6.07, 6.45) is 0. The van der Waals surface area contributed by atoms with E-state index in [1.807, 2.05) is 0 Å². The van der Waals surface area contributed by atoms with Gasteiger partial charge in [0.15, 0.2) is 0 Å². The number of amides is 2. The van der Waals surface area contributed by atoms with Crippen molar-refractivity contribution in [3.8, 4) is 0 Å². The van der Waals surface area contributed by atoms with Crippen LogP contribution in [0.1, 0.15) is 23.7 Å². The molecule has 1 saturated heterocycles. The van der Waals surface area contributed by atoms with Crippen LogP contribution in [0.25, 0.3) is 0 Å². The first-order chi connectivity index (χ1) is 13.8. The largest absolute Gasteiger partial charge is 0.368 e. The number of carbonyl (C=O) groups excluding carboxylic acids is 2. The Hall–Kier alpha value is -3.09. The van der Waals surface area contributed by atoms with Gasteiger partial charge in [0.05, 0.1) is 0 Å². The van der Waals surface area contributed by atoms with E-state index in [2.05, 4.69) is 42.3 Å². The summed E-state index contributed by atoms with van der Waals surface area (Å²) in [5, 5.41) is 2.52. The number of hydrogen-bond acceptors (Lipinski definition) is 4. The Labute approximate surface area is 170 Å². The van der Waals surface area contributed by atoms with Gasteiger partial charge in [-0.15, -0.1) is 0 Å². The van der Waals surface area contributed by atoms with Crippen LogP contribution in [0.3, 0.4) is 0 Å². The number of nitrogens with one attached hydrogen (secondary N) is 1. The van der Waals surface area contributed by atoms with Crippen LogP contribution in [-0.4, -0.2) is 47.5 Å². The number of anilines is 2. The fourth-order valence-electron chi connectivity index (χ4n) is 3.64. The van der Waals surface area contributed by atoms with Crippen molar-refractivity contribution in [3.05, 3.63) is 57.5 Å². The molecule has 7 heteroatoms. The van der Waals surface area contributed by atoms with Crippen LogP contribution in [0, 0.1) is 20.8 Å². The number of rotatable bonds is 4. The fourth-order valence-corrected chi connectivity index (χ4v) is 3.64. The van der Waals surface area contributed by atoms with Crippen molar-refractivity contribution in [2.75, 3.05) is 36.4 Å². The van der Waals surface area contributed by atoms with E-state index in [4.69, 9.17) is 0 Å². The molecule has 1 aliphatic rings. The van der Waals surface area contributed by atoms with E-state index >= 15 is 0 Å². The summed E-state index contributed by atoms with van der Waals surface area (Å²) in [5.74, 6) is -0.401. The van der Waals surface area contributed by atoms with Gasteiger partial charge in [-0.3, -0.25) is 14.4 Å². The van der Waals surface area contributed by atoms with E-state index in [9.17, 15) is 14.4 Å². The molecule has 1 fully saturated rings. The number of carbonyl (C=O) groups is 2. The molecule has 1 N–H and O–H groups in total. The number of nitrogens with zero attached hydrogens (tertiary/aromatic N) is 3. The first-order valence-corrected chi connectivity index (χ1v) is 9.84. The van der Waals surface area contributed by atoms with Crippen LogP contribution in [-0.2, 0) is 16.1 Å². The normalized spacial score (nSPS) is 14.1. The number of hydrogen-bond donors (Lipinski definition) is 1. The molecular formula is C22H28N4O3. The molecule has 154 valence electrons. The number of pyridine rings is 1. The van der Waals surface area contributed by atoms with Crippen molar-refractivity contribution in [1.82, 2.24) is 9.47 Å². The lowest BCUT2D eigenvalue weighted by Gasteiger charge is -2.37. The molecule has 2 heterocycles. The molecule has 2 aromatic rings. The minimum Gasteiger partial charge on any atom is -0.368 e. The zero-order valence-corrected chi connectivity index (χ0v) is 17.5. The third-order valence-corrected chi connectivity index (χ3v) is 5.33. The van der Waals surface area contributed by atoms with Crippen LogP contribution in [0.4, 0.5) is 11.4 Å². The molecule has 7 nitrogen and oxygen atoms in total. The van der Waals surface area contributed by atoms with Gasteiger partial charge in [-0.25, -0.2) is 0 Å². The van der Waals surface area contributed by atoms with Crippen LogP contribution < -0.4 is 15.8 Å². The molecule has 0 unspecified atom stereocenters. The summed E-state index contributed by atoms with van der Waals surface area (Å²) in [6, 6.07) is 9.72. The number of aromatic nitrogens is 1. The molecule has 0 aliphatic carbocycles. The van der Waals surface area contributed by atoms with Gasteiger partial charge in [-0.05, 0) is 50.1 Å². The van der Waals surface area contributed by atoms with Gasteiger partial charge in [-0.1, -0.05) is 12.1 Å². The van der Waals surface area contributed by atoms with E-state index in [-0.39, 0.29) is 29.6 Å². The number of aryl methyl sites for hydroxylation is 3. The highest BCUT2D eigenvalue weighted by Gasteiger charge is 2.23. The molecule has 29 heavy (non-hydrogen) atoms. The summed E-state index contributed by atoms with van der Waals surface area (Å²) in [4.78, 5) is 40.8. The predicted molar refractivity (Wildman–Crippen MR) is 114 cm³/mol. The van der Waals surface area contributed by atoms with Gasteiger partial charge < -0.3 is 19.7 Å². The van der Waals surface area contributed by atoms with Crippen molar-refractivity contribution < 1.29 is 9.59 Å². The average Bonchev–Trinajstić information content (AvgIpc) is 2.69. The highest BCUT2D eigenvalue weighted by Crippen LogP contribution is 2.23. The smallest absolute Gasteiger partial charge is 0.274 e. The molecule has 0 atom stereocenters. The van der Waals surface area contributed by atoms with Crippen molar-refractivity contribution in [2.24, 2.45) is 0 Å². The first kappa shape index (κ1) is 20.6. The minimum absolute atomic E-state index is 0.0262. The Kier molecular flexibility index (Phi) is 6.06. The highest BCUT2D eigenvalue weighted by molar-refractivity contribution is 5.88. The lowest BCUT2D eigenvalue weighted by atomic mass is 10.1. The maximum absolute atomic E-state index is 12.8. The monoisotopic (exact) mass is 396 g/mol. The van der Waals surface area contributed by atoms with Crippen LogP contribution in [0.2, 0.25) is 0 Å². The summed E-state index contributed by atoms with van der Waals surface area (Å²) in [7, 11) is 0. The molecule has 1 aromatic carbocycles. The summed E-state index contributed by atoms with van der Waals surface area (Å²) >= 11 is 0. The average molecular weight is 396 g/mol. The van der Waals surface area contributed by atoms with E-state index in [1.165, 1.54) is 28.3 Å². The third-order valence-electron chi connectivity index (χ3n) is 5.33. The minimum atomic E-state index is -0.359. The van der Waals surface area contributed by atoms with Crippen LogP contribution >= 0.6 is 0 Å². The maximum Gasteiger partial charge on any atom is 0.274 e. The van der Waals surface area contributed by atoms with E-state index in [0.29, 0.717) is 18.8 Å². The standard InChI is InChI=1S/C22H28N4O3/c1-15-5-6-16(2)20(13-15)24-9-11-25(12-10-24)21(28)14-26-17(3)7-8-19(22(26)29)23-18(4)27/h5-8,13H,9-12,14H2,1-4H3,(H,23,27). The number of piperazine rings is 1. The van der Waals surface area contributed by atoms with Gasteiger partial charge in [0.2, 0.25) is 11.8 Å². The van der Waals surface area contributed by atoms with Crippen molar-refractivity contribution in [2.45, 2.75) is 34.2 Å². The van der Waals surface area contributed by atoms with Crippen molar-refractivity contribution in [3.63, 3.8) is 0 Å². The first-order valence-electron chi connectivity index (χ1n) is 9.84. The van der Waals surface area contributed by atoms with E-state index in [1.54, 1.807) is 24.0 Å². The maximum atomic E-state index is 12.8. The topological polar surface area (TPSA) is 74.7 Å². The quantitative estimate of drug-likeness (QED) is 0.859.